The van der Waals surface area contributed by atoms with Crippen LogP contribution in [0.4, 0.5) is 18.9 Å². The van der Waals surface area contributed by atoms with Gasteiger partial charge < -0.3 is 10.5 Å². The van der Waals surface area contributed by atoms with Crippen molar-refractivity contribution in [1.82, 2.24) is 0 Å². The van der Waals surface area contributed by atoms with Crippen molar-refractivity contribution in [2.24, 2.45) is 0 Å². The summed E-state index contributed by atoms with van der Waals surface area (Å²) < 4.78 is 39.6. The van der Waals surface area contributed by atoms with Crippen LogP contribution in [0.25, 0.3) is 0 Å². The van der Waals surface area contributed by atoms with Crippen molar-refractivity contribution in [3.63, 3.8) is 0 Å². The summed E-state index contributed by atoms with van der Waals surface area (Å²) in [6.07, 6.45) is -4.85. The van der Waals surface area contributed by atoms with E-state index >= 15 is 0 Å². The number of nitrogens with zero attached hydrogens (tertiary/aromatic N) is 1. The van der Waals surface area contributed by atoms with Crippen LogP contribution < -0.4 is 10.5 Å². The van der Waals surface area contributed by atoms with Crippen molar-refractivity contribution in [2.45, 2.75) is 6.36 Å². The molecule has 3 nitrogen and oxygen atoms in total. The molecule has 7 heteroatoms. The van der Waals surface area contributed by atoms with Gasteiger partial charge in [-0.2, -0.15) is 5.26 Å². The molecule has 0 saturated carbocycles. The number of rotatable bonds is 1. The van der Waals surface area contributed by atoms with E-state index in [9.17, 15) is 13.2 Å². The predicted octanol–water partition coefficient (Wildman–Crippen LogP) is 2.80. The van der Waals surface area contributed by atoms with Gasteiger partial charge in [-0.25, -0.2) is 0 Å². The number of alkyl halides is 3. The summed E-state index contributed by atoms with van der Waals surface area (Å²) in [6.45, 7) is 0. The Morgan fingerprint density at radius 1 is 1.40 bits per heavy atom. The van der Waals surface area contributed by atoms with Gasteiger partial charge in [0.25, 0.3) is 0 Å². The molecule has 0 bridgehead atoms. The second-order valence-electron chi connectivity index (χ2n) is 2.54. The first kappa shape index (κ1) is 11.7. The highest BCUT2D eigenvalue weighted by molar-refractivity contribution is 9.10. The maximum absolute atomic E-state index is 11.9. The smallest absolute Gasteiger partial charge is 0.404 e. The Morgan fingerprint density at radius 3 is 2.47 bits per heavy atom. The number of halogens is 4. The van der Waals surface area contributed by atoms with Crippen molar-refractivity contribution in [3.05, 3.63) is 22.2 Å². The standard InChI is InChI=1S/C8H4BrF3N2O/c9-6-1-4(14)2-7(5(6)3-13)15-8(10,11)12/h1-2H,14H2. The minimum Gasteiger partial charge on any atom is -0.404 e. The molecule has 2 N–H and O–H groups in total. The highest BCUT2D eigenvalue weighted by Gasteiger charge is 2.32. The molecule has 0 fully saturated rings. The normalized spacial score (nSPS) is 10.9. The van der Waals surface area contributed by atoms with Crippen LogP contribution in [0.1, 0.15) is 5.56 Å². The van der Waals surface area contributed by atoms with E-state index in [0.29, 0.717) is 0 Å². The van der Waals surface area contributed by atoms with E-state index in [4.69, 9.17) is 11.0 Å². The van der Waals surface area contributed by atoms with E-state index in [2.05, 4.69) is 20.7 Å². The van der Waals surface area contributed by atoms with Crippen molar-refractivity contribution in [1.29, 1.82) is 5.26 Å². The summed E-state index contributed by atoms with van der Waals surface area (Å²) >= 11 is 2.92. The molecule has 0 spiro atoms. The van der Waals surface area contributed by atoms with E-state index in [1.165, 1.54) is 6.07 Å². The first-order valence-electron chi connectivity index (χ1n) is 3.58. The maximum atomic E-state index is 11.9. The van der Waals surface area contributed by atoms with Gasteiger partial charge in [-0.3, -0.25) is 0 Å². The quantitative estimate of drug-likeness (QED) is 0.805. The van der Waals surface area contributed by atoms with Crippen molar-refractivity contribution in [3.8, 4) is 11.8 Å². The molecule has 0 amide bonds. The van der Waals surface area contributed by atoms with Crippen LogP contribution >= 0.6 is 15.9 Å². The van der Waals surface area contributed by atoms with Crippen LogP contribution in [-0.2, 0) is 0 Å². The van der Waals surface area contributed by atoms with E-state index in [-0.39, 0.29) is 15.7 Å². The first-order chi connectivity index (χ1) is 6.83. The second-order valence-corrected chi connectivity index (χ2v) is 3.39. The molecule has 0 saturated heterocycles. The minimum absolute atomic E-state index is 0.0696. The van der Waals surface area contributed by atoms with Gasteiger partial charge in [0.05, 0.1) is 0 Å². The lowest BCUT2D eigenvalue weighted by Crippen LogP contribution is -2.18. The summed E-state index contributed by atoms with van der Waals surface area (Å²) in [5.41, 5.74) is 5.14. The van der Waals surface area contributed by atoms with Gasteiger partial charge in [0.15, 0.2) is 0 Å². The van der Waals surface area contributed by atoms with Gasteiger partial charge in [0.2, 0.25) is 0 Å². The molecular formula is C8H4BrF3N2O. The summed E-state index contributed by atoms with van der Waals surface area (Å²) in [7, 11) is 0. The Balaban J connectivity index is 3.23. The molecule has 0 aromatic heterocycles. The number of hydrogen-bond donors (Lipinski definition) is 1. The van der Waals surface area contributed by atoms with Crippen LogP contribution in [-0.4, -0.2) is 6.36 Å². The van der Waals surface area contributed by atoms with Gasteiger partial charge in [0.1, 0.15) is 17.4 Å². The molecule has 0 aliphatic carbocycles. The molecule has 0 unspecified atom stereocenters. The van der Waals surface area contributed by atoms with Crippen LogP contribution in [0.2, 0.25) is 0 Å². The Kier molecular flexibility index (Phi) is 3.09. The largest absolute Gasteiger partial charge is 0.573 e. The van der Waals surface area contributed by atoms with E-state index in [0.717, 1.165) is 6.07 Å². The molecule has 80 valence electrons. The average molecular weight is 281 g/mol. The third-order valence-corrected chi connectivity index (χ3v) is 2.04. The monoisotopic (exact) mass is 280 g/mol. The molecule has 1 aromatic carbocycles. The van der Waals surface area contributed by atoms with Crippen LogP contribution in [0.3, 0.4) is 0 Å². The zero-order valence-electron chi connectivity index (χ0n) is 7.10. The van der Waals surface area contributed by atoms with Crippen LogP contribution in [0, 0.1) is 11.3 Å². The van der Waals surface area contributed by atoms with Gasteiger partial charge in [-0.05, 0) is 22.0 Å². The maximum Gasteiger partial charge on any atom is 0.573 e. The molecule has 0 aliphatic rings. The number of nitriles is 1. The fourth-order valence-electron chi connectivity index (χ4n) is 0.915. The number of nitrogens with two attached hydrogens (primary N) is 1. The van der Waals surface area contributed by atoms with Gasteiger partial charge in [-0.1, -0.05) is 0 Å². The second kappa shape index (κ2) is 3.98. The Morgan fingerprint density at radius 2 is 2.00 bits per heavy atom. The topological polar surface area (TPSA) is 59.0 Å². The molecule has 0 aliphatic heterocycles. The fourth-order valence-corrected chi connectivity index (χ4v) is 1.46. The molecule has 0 radical (unpaired) electrons. The molecule has 0 atom stereocenters. The lowest BCUT2D eigenvalue weighted by Gasteiger charge is -2.11. The Bertz CT molecular complexity index is 425. The minimum atomic E-state index is -4.85. The SMILES string of the molecule is N#Cc1c(Br)cc(N)cc1OC(F)(F)F. The van der Waals surface area contributed by atoms with E-state index in [1.807, 2.05) is 0 Å². The molecule has 1 aromatic rings. The van der Waals surface area contributed by atoms with E-state index in [1.54, 1.807) is 6.07 Å². The number of anilines is 1. The summed E-state index contributed by atoms with van der Waals surface area (Å²) in [5, 5.41) is 8.62. The first-order valence-corrected chi connectivity index (χ1v) is 4.37. The number of ether oxygens (including phenoxy) is 1. The van der Waals surface area contributed by atoms with Crippen LogP contribution in [0.15, 0.2) is 16.6 Å². The highest BCUT2D eigenvalue weighted by Crippen LogP contribution is 2.33. The summed E-state index contributed by atoms with van der Waals surface area (Å²) in [5.74, 6) is -0.614. The number of benzene rings is 1. The summed E-state index contributed by atoms with van der Waals surface area (Å²) in [4.78, 5) is 0. The average Bonchev–Trinajstić information content (AvgIpc) is 1.99. The molecule has 0 heterocycles. The van der Waals surface area contributed by atoms with Gasteiger partial charge in [-0.15, -0.1) is 13.2 Å². The molecule has 15 heavy (non-hydrogen) atoms. The Labute approximate surface area is 91.4 Å². The van der Waals surface area contributed by atoms with E-state index < -0.39 is 12.1 Å². The lowest BCUT2D eigenvalue weighted by atomic mass is 10.2. The third-order valence-electron chi connectivity index (χ3n) is 1.41. The summed E-state index contributed by atoms with van der Waals surface area (Å²) in [6, 6.07) is 3.85. The van der Waals surface area contributed by atoms with Crippen molar-refractivity contribution < 1.29 is 17.9 Å². The van der Waals surface area contributed by atoms with Gasteiger partial charge in [0, 0.05) is 16.2 Å². The van der Waals surface area contributed by atoms with Crippen molar-refractivity contribution in [2.75, 3.05) is 5.73 Å². The van der Waals surface area contributed by atoms with Crippen molar-refractivity contribution >= 4 is 21.6 Å². The molecular weight excluding hydrogens is 277 g/mol. The number of hydrogen-bond acceptors (Lipinski definition) is 3. The Hall–Kier alpha value is -1.42. The fraction of sp³-hybridized carbons (Fsp3) is 0.125. The highest BCUT2D eigenvalue weighted by atomic mass is 79.9. The molecule has 1 rings (SSSR count). The van der Waals surface area contributed by atoms with Crippen LogP contribution in [0.5, 0.6) is 5.75 Å². The lowest BCUT2D eigenvalue weighted by molar-refractivity contribution is -0.274. The zero-order chi connectivity index (χ0) is 11.6. The predicted molar refractivity (Wildman–Crippen MR) is 50.0 cm³/mol. The van der Waals surface area contributed by atoms with Gasteiger partial charge >= 0.3 is 6.36 Å². The zero-order valence-corrected chi connectivity index (χ0v) is 8.69. The number of nitrogen functional groups attached to an aromatic ring is 1. The third kappa shape index (κ3) is 3.02.